The summed E-state index contributed by atoms with van der Waals surface area (Å²) in [6.45, 7) is 1.52. The first kappa shape index (κ1) is 12.6. The summed E-state index contributed by atoms with van der Waals surface area (Å²) in [5.74, 6) is -0.530. The van der Waals surface area contributed by atoms with Crippen molar-refractivity contribution in [2.24, 2.45) is 0 Å². The highest BCUT2D eigenvalue weighted by molar-refractivity contribution is 7.88. The fraction of sp³-hybridized carbons (Fsp3) is 0.250. The maximum Gasteiger partial charge on any atom is 0.534 e. The topological polar surface area (TPSA) is 69.4 Å². The monoisotopic (exact) mass is 255 g/mol. The largest absolute Gasteiger partial charge is 0.534 e. The van der Waals surface area contributed by atoms with Crippen LogP contribution in [0.15, 0.2) is 18.2 Å². The minimum Gasteiger partial charge on any atom is -0.395 e. The van der Waals surface area contributed by atoms with Crippen LogP contribution in [0, 0.1) is 6.92 Å². The van der Waals surface area contributed by atoms with E-state index in [1.807, 2.05) is 0 Å². The van der Waals surface area contributed by atoms with Gasteiger partial charge in [-0.15, -0.1) is 0 Å². The second-order valence-corrected chi connectivity index (χ2v) is 4.51. The Bertz CT molecular complexity index is 496. The third-order valence-corrected chi connectivity index (χ3v) is 2.73. The summed E-state index contributed by atoms with van der Waals surface area (Å²) >= 11 is 0. The van der Waals surface area contributed by atoms with Crippen LogP contribution in [0.2, 0.25) is 0 Å². The molecule has 0 atom stereocenters. The zero-order valence-corrected chi connectivity index (χ0v) is 8.89. The molecule has 2 N–H and O–H groups in total. The molecule has 0 radical (unpaired) electrons. The van der Waals surface area contributed by atoms with Crippen molar-refractivity contribution in [3.8, 4) is 5.75 Å². The summed E-state index contributed by atoms with van der Waals surface area (Å²) in [5, 5.41) is 0. The lowest BCUT2D eigenvalue weighted by atomic mass is 10.2. The minimum atomic E-state index is -5.67. The number of benzene rings is 1. The maximum atomic E-state index is 12.0. The van der Waals surface area contributed by atoms with Crippen LogP contribution in [-0.2, 0) is 10.1 Å². The summed E-state index contributed by atoms with van der Waals surface area (Å²) in [6, 6.07) is 3.90. The summed E-state index contributed by atoms with van der Waals surface area (Å²) in [7, 11) is -5.67. The Morgan fingerprint density at radius 2 is 1.88 bits per heavy atom. The molecule has 0 heterocycles. The molecule has 16 heavy (non-hydrogen) atoms. The van der Waals surface area contributed by atoms with Gasteiger partial charge in [0.1, 0.15) is 0 Å². The van der Waals surface area contributed by atoms with Crippen LogP contribution in [0.3, 0.4) is 0 Å². The highest BCUT2D eigenvalue weighted by Gasteiger charge is 2.48. The normalized spacial score (nSPS) is 12.5. The van der Waals surface area contributed by atoms with Gasteiger partial charge in [-0.05, 0) is 18.6 Å². The first-order valence-corrected chi connectivity index (χ1v) is 5.42. The van der Waals surface area contributed by atoms with Crippen molar-refractivity contribution in [2.45, 2.75) is 12.4 Å². The molecule has 0 aliphatic rings. The minimum absolute atomic E-state index is 0.143. The molecule has 0 aliphatic carbocycles. The first-order valence-electron chi connectivity index (χ1n) is 4.01. The third-order valence-electron chi connectivity index (χ3n) is 1.77. The predicted molar refractivity (Wildman–Crippen MR) is 51.2 cm³/mol. The molecule has 0 unspecified atom stereocenters. The lowest BCUT2D eigenvalue weighted by Gasteiger charge is -2.11. The van der Waals surface area contributed by atoms with Crippen LogP contribution in [0.1, 0.15) is 5.56 Å². The summed E-state index contributed by atoms with van der Waals surface area (Å²) in [5.41, 5.74) is 0.190. The van der Waals surface area contributed by atoms with Crippen LogP contribution in [0.4, 0.5) is 18.9 Å². The molecule has 0 spiro atoms. The van der Waals surface area contributed by atoms with Crippen LogP contribution < -0.4 is 9.92 Å². The Balaban J connectivity index is 3.12. The van der Waals surface area contributed by atoms with Gasteiger partial charge < -0.3 is 9.92 Å². The SMILES string of the molecule is Cc1cccc(OS(=O)(=O)C(F)(F)F)c1N. The molecule has 0 fully saturated rings. The van der Waals surface area contributed by atoms with E-state index < -0.39 is 21.4 Å². The van der Waals surface area contributed by atoms with E-state index in [2.05, 4.69) is 4.18 Å². The molecule has 0 amide bonds. The van der Waals surface area contributed by atoms with Gasteiger partial charge in [0.2, 0.25) is 0 Å². The van der Waals surface area contributed by atoms with Crippen LogP contribution in [-0.4, -0.2) is 13.9 Å². The van der Waals surface area contributed by atoms with Gasteiger partial charge in [0.05, 0.1) is 5.69 Å². The number of aryl methyl sites for hydroxylation is 1. The Morgan fingerprint density at radius 3 is 2.38 bits per heavy atom. The van der Waals surface area contributed by atoms with Gasteiger partial charge >= 0.3 is 15.6 Å². The van der Waals surface area contributed by atoms with Crippen molar-refractivity contribution in [3.05, 3.63) is 23.8 Å². The molecule has 0 saturated heterocycles. The van der Waals surface area contributed by atoms with E-state index in [1.54, 1.807) is 0 Å². The lowest BCUT2D eigenvalue weighted by Crippen LogP contribution is -2.28. The molecular formula is C8H8F3NO3S. The van der Waals surface area contributed by atoms with Crippen LogP contribution in [0.5, 0.6) is 5.75 Å². The molecule has 90 valence electrons. The number of nitrogens with two attached hydrogens (primary N) is 1. The van der Waals surface area contributed by atoms with Gasteiger partial charge in [0.15, 0.2) is 5.75 Å². The van der Waals surface area contributed by atoms with Gasteiger partial charge in [-0.2, -0.15) is 21.6 Å². The number of rotatable bonds is 2. The second-order valence-electron chi connectivity index (χ2n) is 2.97. The van der Waals surface area contributed by atoms with E-state index >= 15 is 0 Å². The first-order chi connectivity index (χ1) is 7.15. The molecule has 0 aromatic heterocycles. The fourth-order valence-electron chi connectivity index (χ4n) is 0.892. The second kappa shape index (κ2) is 3.85. The van der Waals surface area contributed by atoms with Crippen molar-refractivity contribution in [1.82, 2.24) is 0 Å². The molecule has 0 saturated carbocycles. The Hall–Kier alpha value is -1.44. The van der Waals surface area contributed by atoms with Gasteiger partial charge in [-0.25, -0.2) is 0 Å². The molecular weight excluding hydrogens is 247 g/mol. The lowest BCUT2D eigenvalue weighted by molar-refractivity contribution is -0.0499. The quantitative estimate of drug-likeness (QED) is 0.497. The molecule has 4 nitrogen and oxygen atoms in total. The molecule has 1 rings (SSSR count). The Morgan fingerprint density at radius 1 is 1.31 bits per heavy atom. The molecule has 8 heteroatoms. The zero-order valence-electron chi connectivity index (χ0n) is 8.08. The number of halogens is 3. The standard InChI is InChI=1S/C8H8F3NO3S/c1-5-3-2-4-6(7(5)12)15-16(13,14)8(9,10)11/h2-4H,12H2,1H3. The van der Waals surface area contributed by atoms with Crippen molar-refractivity contribution < 1.29 is 25.8 Å². The van der Waals surface area contributed by atoms with Gasteiger partial charge in [0, 0.05) is 0 Å². The highest BCUT2D eigenvalue weighted by atomic mass is 32.2. The van der Waals surface area contributed by atoms with Crippen LogP contribution >= 0.6 is 0 Å². The molecule has 0 bridgehead atoms. The van der Waals surface area contributed by atoms with E-state index in [4.69, 9.17) is 5.73 Å². The average Bonchev–Trinajstić information content (AvgIpc) is 2.11. The molecule has 1 aromatic carbocycles. The van der Waals surface area contributed by atoms with E-state index in [0.29, 0.717) is 5.56 Å². The average molecular weight is 255 g/mol. The number of nitrogen functional groups attached to an aromatic ring is 1. The smallest absolute Gasteiger partial charge is 0.395 e. The number of hydrogen-bond acceptors (Lipinski definition) is 4. The van der Waals surface area contributed by atoms with E-state index in [1.165, 1.54) is 19.1 Å². The number of hydrogen-bond donors (Lipinski definition) is 1. The van der Waals surface area contributed by atoms with Crippen molar-refractivity contribution in [2.75, 3.05) is 5.73 Å². The van der Waals surface area contributed by atoms with Gasteiger partial charge in [-0.3, -0.25) is 0 Å². The summed E-state index contributed by atoms with van der Waals surface area (Å²) in [4.78, 5) is 0. The fourth-order valence-corrected chi connectivity index (χ4v) is 1.37. The summed E-state index contributed by atoms with van der Waals surface area (Å²) in [6.07, 6.45) is 0. The Kier molecular flexibility index (Phi) is 3.04. The van der Waals surface area contributed by atoms with Gasteiger partial charge in [-0.1, -0.05) is 12.1 Å². The number of alkyl halides is 3. The van der Waals surface area contributed by atoms with Crippen molar-refractivity contribution >= 4 is 15.8 Å². The van der Waals surface area contributed by atoms with Gasteiger partial charge in [0.25, 0.3) is 0 Å². The molecule has 1 aromatic rings. The van der Waals surface area contributed by atoms with E-state index in [-0.39, 0.29) is 5.69 Å². The predicted octanol–water partition coefficient (Wildman–Crippen LogP) is 1.81. The highest BCUT2D eigenvalue weighted by Crippen LogP contribution is 2.31. The number of para-hydroxylation sites is 1. The van der Waals surface area contributed by atoms with Crippen molar-refractivity contribution in [3.63, 3.8) is 0 Å². The maximum absolute atomic E-state index is 12.0. The van der Waals surface area contributed by atoms with E-state index in [9.17, 15) is 21.6 Å². The summed E-state index contributed by atoms with van der Waals surface area (Å²) < 4.78 is 61.3. The molecule has 0 aliphatic heterocycles. The zero-order chi connectivity index (χ0) is 12.6. The van der Waals surface area contributed by atoms with Crippen molar-refractivity contribution in [1.29, 1.82) is 0 Å². The third kappa shape index (κ3) is 2.38. The van der Waals surface area contributed by atoms with Crippen LogP contribution in [0.25, 0.3) is 0 Å². The Labute approximate surface area is 89.9 Å². The van der Waals surface area contributed by atoms with E-state index in [0.717, 1.165) is 6.07 Å². The number of anilines is 1.